The van der Waals surface area contributed by atoms with Gasteiger partial charge in [0, 0.05) is 0 Å². The van der Waals surface area contributed by atoms with Crippen LogP contribution in [0.25, 0.3) is 0 Å². The van der Waals surface area contributed by atoms with E-state index in [2.05, 4.69) is 9.47 Å². The van der Waals surface area contributed by atoms with Crippen LogP contribution < -0.4 is 0 Å². The summed E-state index contributed by atoms with van der Waals surface area (Å²) in [5.74, 6) is -2.12. The van der Waals surface area contributed by atoms with Crippen LogP contribution in [-0.4, -0.2) is 48.6 Å². The Morgan fingerprint density at radius 2 is 1.14 bits per heavy atom. The standard InChI is InChI=1S/C6H10O6.2ClH/c7-5(8)3-11-1-2-12-4-6(9)10;;/h1-4H2,(H,7,8)(H,9,10);2*1H. The molecule has 0 aromatic carbocycles. The van der Waals surface area contributed by atoms with Crippen molar-refractivity contribution in [3.8, 4) is 0 Å². The van der Waals surface area contributed by atoms with Crippen LogP contribution in [0, 0.1) is 0 Å². The fraction of sp³-hybridized carbons (Fsp3) is 0.667. The summed E-state index contributed by atoms with van der Waals surface area (Å²) >= 11 is 0. The fourth-order valence-electron chi connectivity index (χ4n) is 0.437. The van der Waals surface area contributed by atoms with Crippen LogP contribution in [0.2, 0.25) is 0 Å². The first-order valence-corrected chi connectivity index (χ1v) is 3.22. The molecule has 0 rings (SSSR count). The van der Waals surface area contributed by atoms with Crippen molar-refractivity contribution in [1.29, 1.82) is 0 Å². The number of carboxylic acids is 2. The zero-order chi connectivity index (χ0) is 9.40. The fourth-order valence-corrected chi connectivity index (χ4v) is 0.437. The summed E-state index contributed by atoms with van der Waals surface area (Å²) in [7, 11) is 0. The van der Waals surface area contributed by atoms with Crippen molar-refractivity contribution in [1.82, 2.24) is 0 Å². The predicted octanol–water partition coefficient (Wildman–Crippen LogP) is 0.0324. The number of hydrogen-bond donors (Lipinski definition) is 2. The van der Waals surface area contributed by atoms with E-state index in [9.17, 15) is 9.59 Å². The number of carbonyl (C=O) groups is 2. The molecule has 0 saturated carbocycles. The van der Waals surface area contributed by atoms with Gasteiger partial charge in [0.05, 0.1) is 13.2 Å². The zero-order valence-corrected chi connectivity index (χ0v) is 8.81. The lowest BCUT2D eigenvalue weighted by Gasteiger charge is -2.00. The maximum atomic E-state index is 9.88. The van der Waals surface area contributed by atoms with E-state index in [0.717, 1.165) is 0 Å². The van der Waals surface area contributed by atoms with Crippen LogP contribution in [0.4, 0.5) is 0 Å². The molecule has 0 saturated heterocycles. The van der Waals surface area contributed by atoms with E-state index in [1.54, 1.807) is 0 Å². The molecule has 0 unspecified atom stereocenters. The molecule has 0 aromatic heterocycles. The van der Waals surface area contributed by atoms with E-state index >= 15 is 0 Å². The van der Waals surface area contributed by atoms with Crippen LogP contribution in [0.3, 0.4) is 0 Å². The molecule has 0 radical (unpaired) electrons. The van der Waals surface area contributed by atoms with E-state index in [-0.39, 0.29) is 38.0 Å². The van der Waals surface area contributed by atoms with Crippen LogP contribution in [0.15, 0.2) is 0 Å². The monoisotopic (exact) mass is 250 g/mol. The first-order valence-electron chi connectivity index (χ1n) is 3.22. The van der Waals surface area contributed by atoms with Gasteiger partial charge in [0.15, 0.2) is 0 Å². The molecule has 0 aromatic rings. The second-order valence-corrected chi connectivity index (χ2v) is 1.89. The largest absolute Gasteiger partial charge is 0.480 e. The van der Waals surface area contributed by atoms with Gasteiger partial charge >= 0.3 is 11.9 Å². The van der Waals surface area contributed by atoms with Crippen molar-refractivity contribution >= 4 is 36.8 Å². The Kier molecular flexibility index (Phi) is 17.0. The molecule has 0 fully saturated rings. The lowest BCUT2D eigenvalue weighted by atomic mass is 10.7. The summed E-state index contributed by atoms with van der Waals surface area (Å²) in [6.07, 6.45) is 0. The number of hydrogen-bond acceptors (Lipinski definition) is 4. The van der Waals surface area contributed by atoms with Gasteiger partial charge in [-0.2, -0.15) is 0 Å². The summed E-state index contributed by atoms with van der Waals surface area (Å²) in [6.45, 7) is -0.619. The second-order valence-electron chi connectivity index (χ2n) is 1.89. The quantitative estimate of drug-likeness (QED) is 0.620. The normalized spacial score (nSPS) is 8.29. The molecule has 0 aliphatic rings. The van der Waals surface area contributed by atoms with E-state index < -0.39 is 25.2 Å². The van der Waals surface area contributed by atoms with Gasteiger partial charge in [-0.25, -0.2) is 9.59 Å². The molecule has 0 aliphatic carbocycles. The lowest BCUT2D eigenvalue weighted by molar-refractivity contribution is -0.146. The first kappa shape index (κ1) is 19.1. The third-order valence-electron chi connectivity index (χ3n) is 0.823. The number of halogens is 2. The van der Waals surface area contributed by atoms with Crippen molar-refractivity contribution in [2.24, 2.45) is 0 Å². The Morgan fingerprint density at radius 3 is 1.36 bits per heavy atom. The molecule has 0 heterocycles. The van der Waals surface area contributed by atoms with Crippen LogP contribution in [-0.2, 0) is 19.1 Å². The van der Waals surface area contributed by atoms with Crippen molar-refractivity contribution in [3.05, 3.63) is 0 Å². The Labute approximate surface area is 93.0 Å². The van der Waals surface area contributed by atoms with Gasteiger partial charge in [-0.15, -0.1) is 24.8 Å². The molecule has 0 spiro atoms. The topological polar surface area (TPSA) is 93.1 Å². The minimum absolute atomic E-state index is 0. The van der Waals surface area contributed by atoms with Gasteiger partial charge in [-0.05, 0) is 0 Å². The highest BCUT2D eigenvalue weighted by Crippen LogP contribution is 1.78. The first-order chi connectivity index (χ1) is 5.63. The minimum Gasteiger partial charge on any atom is -0.480 e. The molecule has 0 amide bonds. The third-order valence-corrected chi connectivity index (χ3v) is 0.823. The molecule has 86 valence electrons. The minimum atomic E-state index is -1.06. The van der Waals surface area contributed by atoms with Gasteiger partial charge in [0.2, 0.25) is 0 Å². The summed E-state index contributed by atoms with van der Waals surface area (Å²) < 4.78 is 9.12. The average Bonchev–Trinajstić information content (AvgIpc) is 1.95. The highest BCUT2D eigenvalue weighted by Gasteiger charge is 1.97. The summed E-state index contributed by atoms with van der Waals surface area (Å²) in [5, 5.41) is 16.2. The number of carboxylic acid groups (broad SMARTS) is 2. The van der Waals surface area contributed by atoms with Crippen molar-refractivity contribution < 1.29 is 29.3 Å². The van der Waals surface area contributed by atoms with Gasteiger partial charge in [-0.1, -0.05) is 0 Å². The zero-order valence-electron chi connectivity index (χ0n) is 7.17. The number of aliphatic carboxylic acids is 2. The van der Waals surface area contributed by atoms with E-state index in [0.29, 0.717) is 0 Å². The summed E-state index contributed by atoms with van der Waals surface area (Å²) in [6, 6.07) is 0. The maximum Gasteiger partial charge on any atom is 0.329 e. The van der Waals surface area contributed by atoms with Crippen LogP contribution in [0.5, 0.6) is 0 Å². The number of rotatable bonds is 7. The summed E-state index contributed by atoms with van der Waals surface area (Å²) in [4.78, 5) is 19.8. The number of ether oxygens (including phenoxy) is 2. The highest BCUT2D eigenvalue weighted by atomic mass is 35.5. The Bertz CT molecular complexity index is 144. The molecule has 0 bridgehead atoms. The molecular weight excluding hydrogens is 239 g/mol. The van der Waals surface area contributed by atoms with Crippen molar-refractivity contribution in [2.45, 2.75) is 0 Å². The van der Waals surface area contributed by atoms with Gasteiger partial charge in [0.1, 0.15) is 13.2 Å². The van der Waals surface area contributed by atoms with Crippen molar-refractivity contribution in [3.63, 3.8) is 0 Å². The molecule has 8 heteroatoms. The van der Waals surface area contributed by atoms with Gasteiger partial charge in [0.25, 0.3) is 0 Å². The van der Waals surface area contributed by atoms with Crippen LogP contribution in [0.1, 0.15) is 0 Å². The molecule has 0 atom stereocenters. The Hall–Kier alpha value is -0.560. The maximum absolute atomic E-state index is 9.88. The molecule has 14 heavy (non-hydrogen) atoms. The van der Waals surface area contributed by atoms with E-state index in [1.165, 1.54) is 0 Å². The Morgan fingerprint density at radius 1 is 0.857 bits per heavy atom. The second kappa shape index (κ2) is 12.4. The third kappa shape index (κ3) is 17.5. The molecule has 0 aliphatic heterocycles. The average molecular weight is 251 g/mol. The smallest absolute Gasteiger partial charge is 0.329 e. The van der Waals surface area contributed by atoms with Gasteiger partial charge < -0.3 is 19.7 Å². The Balaban J connectivity index is -0.000000605. The molecule has 2 N–H and O–H groups in total. The SMILES string of the molecule is Cl.Cl.O=C(O)COCCOCC(=O)O. The highest BCUT2D eigenvalue weighted by molar-refractivity contribution is 5.85. The van der Waals surface area contributed by atoms with E-state index in [1.807, 2.05) is 0 Å². The molecular formula is C6H12Cl2O6. The van der Waals surface area contributed by atoms with Crippen LogP contribution >= 0.6 is 24.8 Å². The summed E-state index contributed by atoms with van der Waals surface area (Å²) in [5.41, 5.74) is 0. The lowest BCUT2D eigenvalue weighted by Crippen LogP contribution is -2.14. The molecule has 6 nitrogen and oxygen atoms in total. The predicted molar refractivity (Wildman–Crippen MR) is 51.4 cm³/mol. The van der Waals surface area contributed by atoms with Gasteiger partial charge in [-0.3, -0.25) is 0 Å². The van der Waals surface area contributed by atoms with Crippen molar-refractivity contribution in [2.75, 3.05) is 26.4 Å². The van der Waals surface area contributed by atoms with E-state index in [4.69, 9.17) is 10.2 Å².